The maximum absolute atomic E-state index is 13.8. The molecular formula is C13H19FN2O2S. The molecule has 0 aromatic heterocycles. The summed E-state index contributed by atoms with van der Waals surface area (Å²) >= 11 is 1.60. The van der Waals surface area contributed by atoms with E-state index in [1.165, 1.54) is 12.1 Å². The molecule has 0 heterocycles. The quantitative estimate of drug-likeness (QED) is 0.418. The molecule has 0 saturated carbocycles. The summed E-state index contributed by atoms with van der Waals surface area (Å²) in [5.74, 6) is 0.654. The Hall–Kier alpha value is -1.14. The average Bonchev–Trinajstić information content (AvgIpc) is 2.40. The highest BCUT2D eigenvalue weighted by atomic mass is 32.2. The third kappa shape index (κ3) is 4.80. The van der Waals surface area contributed by atoms with Crippen molar-refractivity contribution in [1.29, 1.82) is 0 Å². The van der Waals surface area contributed by atoms with Crippen molar-refractivity contribution in [2.45, 2.75) is 19.6 Å². The minimum absolute atomic E-state index is 0.402. The minimum atomic E-state index is -0.706. The molecule has 4 nitrogen and oxygen atoms in total. The highest BCUT2D eigenvalue weighted by Crippen LogP contribution is 2.23. The van der Waals surface area contributed by atoms with Crippen LogP contribution in [0.5, 0.6) is 0 Å². The van der Waals surface area contributed by atoms with Gasteiger partial charge in [0.2, 0.25) is 5.82 Å². The lowest BCUT2D eigenvalue weighted by Crippen LogP contribution is -2.25. The lowest BCUT2D eigenvalue weighted by Gasteiger charge is -2.17. The molecule has 1 rings (SSSR count). The van der Waals surface area contributed by atoms with Crippen LogP contribution in [0, 0.1) is 15.9 Å². The Kier molecular flexibility index (Phi) is 6.80. The molecule has 0 N–H and O–H groups in total. The molecule has 19 heavy (non-hydrogen) atoms. The maximum Gasteiger partial charge on any atom is 0.305 e. The second kappa shape index (κ2) is 8.12. The molecule has 1 aromatic carbocycles. The van der Waals surface area contributed by atoms with Crippen molar-refractivity contribution in [2.24, 2.45) is 0 Å². The first-order valence-corrected chi connectivity index (χ1v) is 7.47. The van der Waals surface area contributed by atoms with E-state index in [-0.39, 0.29) is 0 Å². The lowest BCUT2D eigenvalue weighted by molar-refractivity contribution is -0.387. The van der Waals surface area contributed by atoms with Gasteiger partial charge in [-0.25, -0.2) is 0 Å². The summed E-state index contributed by atoms with van der Waals surface area (Å²) < 4.78 is 13.8. The van der Waals surface area contributed by atoms with Gasteiger partial charge in [-0.15, -0.1) is 0 Å². The van der Waals surface area contributed by atoms with Crippen molar-refractivity contribution < 1.29 is 9.31 Å². The molecule has 1 aromatic rings. The predicted molar refractivity (Wildman–Crippen MR) is 77.0 cm³/mol. The van der Waals surface area contributed by atoms with Gasteiger partial charge in [0.15, 0.2) is 0 Å². The van der Waals surface area contributed by atoms with Crippen LogP contribution in [0.3, 0.4) is 0 Å². The molecule has 106 valence electrons. The van der Waals surface area contributed by atoms with Crippen LogP contribution in [0.15, 0.2) is 18.2 Å². The molecule has 0 aliphatic carbocycles. The standard InChI is InChI=1S/C13H19FN2O2S/c1-3-15(4-2)8-9-19-10-11-6-5-7-12(13(11)14)16(17)18/h5-7H,3-4,8-10H2,1-2H3. The Morgan fingerprint density at radius 3 is 2.63 bits per heavy atom. The van der Waals surface area contributed by atoms with E-state index in [2.05, 4.69) is 18.7 Å². The van der Waals surface area contributed by atoms with Gasteiger partial charge >= 0.3 is 5.69 Å². The summed E-state index contributed by atoms with van der Waals surface area (Å²) in [5.41, 5.74) is -0.0411. The van der Waals surface area contributed by atoms with E-state index in [9.17, 15) is 14.5 Å². The fourth-order valence-electron chi connectivity index (χ4n) is 1.73. The third-order valence-electron chi connectivity index (χ3n) is 2.96. The first-order valence-electron chi connectivity index (χ1n) is 6.32. The van der Waals surface area contributed by atoms with Crippen LogP contribution in [0.25, 0.3) is 0 Å². The normalized spacial score (nSPS) is 10.9. The highest BCUT2D eigenvalue weighted by Gasteiger charge is 2.16. The number of nitro benzene ring substituents is 1. The summed E-state index contributed by atoms with van der Waals surface area (Å²) in [4.78, 5) is 12.2. The van der Waals surface area contributed by atoms with E-state index in [1.807, 2.05) is 0 Å². The van der Waals surface area contributed by atoms with Crippen LogP contribution in [0.2, 0.25) is 0 Å². The smallest absolute Gasteiger partial charge is 0.303 e. The maximum atomic E-state index is 13.8. The number of rotatable bonds is 8. The van der Waals surface area contributed by atoms with Gasteiger partial charge in [-0.05, 0) is 13.1 Å². The highest BCUT2D eigenvalue weighted by molar-refractivity contribution is 7.98. The van der Waals surface area contributed by atoms with Crippen LogP contribution in [-0.4, -0.2) is 35.2 Å². The monoisotopic (exact) mass is 286 g/mol. The summed E-state index contributed by atoms with van der Waals surface area (Å²) in [5, 5.41) is 10.6. The van der Waals surface area contributed by atoms with Gasteiger partial charge in [0, 0.05) is 29.7 Å². The summed E-state index contributed by atoms with van der Waals surface area (Å²) in [6.07, 6.45) is 0. The Labute approximate surface area is 117 Å². The number of thioether (sulfide) groups is 1. The number of nitro groups is 1. The Bertz CT molecular complexity index is 425. The van der Waals surface area contributed by atoms with Crippen molar-refractivity contribution in [3.8, 4) is 0 Å². The molecule has 0 unspecified atom stereocenters. The molecular weight excluding hydrogens is 267 g/mol. The zero-order chi connectivity index (χ0) is 14.3. The van der Waals surface area contributed by atoms with Crippen LogP contribution in [-0.2, 0) is 5.75 Å². The van der Waals surface area contributed by atoms with Gasteiger partial charge < -0.3 is 4.90 Å². The van der Waals surface area contributed by atoms with Crippen molar-refractivity contribution in [3.63, 3.8) is 0 Å². The Morgan fingerprint density at radius 1 is 1.37 bits per heavy atom. The van der Waals surface area contributed by atoms with Gasteiger partial charge in [-0.3, -0.25) is 10.1 Å². The first-order chi connectivity index (χ1) is 9.10. The Morgan fingerprint density at radius 2 is 2.05 bits per heavy atom. The van der Waals surface area contributed by atoms with Crippen LogP contribution < -0.4 is 0 Å². The van der Waals surface area contributed by atoms with Crippen LogP contribution >= 0.6 is 11.8 Å². The molecule has 6 heteroatoms. The first kappa shape index (κ1) is 15.9. The molecule has 0 saturated heterocycles. The molecule has 0 atom stereocenters. The topological polar surface area (TPSA) is 46.4 Å². The van der Waals surface area contributed by atoms with E-state index in [1.54, 1.807) is 17.8 Å². The van der Waals surface area contributed by atoms with Gasteiger partial charge in [0.25, 0.3) is 0 Å². The van der Waals surface area contributed by atoms with E-state index in [4.69, 9.17) is 0 Å². The minimum Gasteiger partial charge on any atom is -0.303 e. The molecule has 0 aliphatic heterocycles. The average molecular weight is 286 g/mol. The number of hydrogen-bond acceptors (Lipinski definition) is 4. The van der Waals surface area contributed by atoms with Gasteiger partial charge in [-0.1, -0.05) is 26.0 Å². The molecule has 0 spiro atoms. The lowest BCUT2D eigenvalue weighted by atomic mass is 10.2. The summed E-state index contributed by atoms with van der Waals surface area (Å²) in [6, 6.07) is 4.33. The van der Waals surface area contributed by atoms with Gasteiger partial charge in [0.1, 0.15) is 0 Å². The van der Waals surface area contributed by atoms with Gasteiger partial charge in [0.05, 0.1) is 4.92 Å². The van der Waals surface area contributed by atoms with E-state index in [0.29, 0.717) is 11.3 Å². The van der Waals surface area contributed by atoms with Gasteiger partial charge in [-0.2, -0.15) is 16.2 Å². The summed E-state index contributed by atoms with van der Waals surface area (Å²) in [6.45, 7) is 7.17. The molecule has 0 fully saturated rings. The number of nitrogens with zero attached hydrogens (tertiary/aromatic N) is 2. The zero-order valence-corrected chi connectivity index (χ0v) is 12.1. The summed E-state index contributed by atoms with van der Waals surface area (Å²) in [7, 11) is 0. The zero-order valence-electron chi connectivity index (χ0n) is 11.3. The molecule has 0 amide bonds. The van der Waals surface area contributed by atoms with Crippen molar-refractivity contribution in [3.05, 3.63) is 39.7 Å². The fraction of sp³-hybridized carbons (Fsp3) is 0.538. The molecule has 0 radical (unpaired) electrons. The van der Waals surface area contributed by atoms with Crippen LogP contribution in [0.4, 0.5) is 10.1 Å². The van der Waals surface area contributed by atoms with E-state index < -0.39 is 16.4 Å². The molecule has 0 aliphatic rings. The third-order valence-corrected chi connectivity index (χ3v) is 3.95. The van der Waals surface area contributed by atoms with Crippen molar-refractivity contribution in [1.82, 2.24) is 4.90 Å². The van der Waals surface area contributed by atoms with E-state index >= 15 is 0 Å². The number of halogens is 1. The van der Waals surface area contributed by atoms with Crippen molar-refractivity contribution >= 4 is 17.4 Å². The van der Waals surface area contributed by atoms with Crippen LogP contribution in [0.1, 0.15) is 19.4 Å². The fourth-order valence-corrected chi connectivity index (χ4v) is 2.71. The molecule has 0 bridgehead atoms. The van der Waals surface area contributed by atoms with E-state index in [0.717, 1.165) is 25.4 Å². The Balaban J connectivity index is 2.50. The second-order valence-electron chi connectivity index (χ2n) is 4.09. The second-order valence-corrected chi connectivity index (χ2v) is 5.19. The SMILES string of the molecule is CCN(CC)CCSCc1cccc([N+](=O)[O-])c1F. The number of hydrogen-bond donors (Lipinski definition) is 0. The van der Waals surface area contributed by atoms with Crippen molar-refractivity contribution in [2.75, 3.05) is 25.4 Å². The number of benzene rings is 1. The predicted octanol–water partition coefficient (Wildman–Crippen LogP) is 3.31. The largest absolute Gasteiger partial charge is 0.305 e.